The smallest absolute Gasteiger partial charge is 0.303 e. The van der Waals surface area contributed by atoms with Crippen molar-refractivity contribution in [3.05, 3.63) is 75.2 Å². The number of rotatable bonds is 7. The fourth-order valence-electron chi connectivity index (χ4n) is 4.81. The number of phenolic OH excluding ortho intramolecular Hbond substituents is 1. The lowest BCUT2D eigenvalue weighted by Gasteiger charge is -2.26. The fourth-order valence-corrected chi connectivity index (χ4v) is 4.81. The molecule has 176 valence electrons. The number of aliphatic carboxylic acids is 1. The summed E-state index contributed by atoms with van der Waals surface area (Å²) in [5.74, 6) is -0.901. The Morgan fingerprint density at radius 3 is 2.47 bits per heavy atom. The number of benzene rings is 2. The Bertz CT molecular complexity index is 1390. The molecule has 1 heterocycles. The highest BCUT2D eigenvalue weighted by atomic mass is 16.4. The molecule has 1 aromatic heterocycles. The molecule has 1 aliphatic carbocycles. The molecule has 0 fully saturated rings. The van der Waals surface area contributed by atoms with Crippen molar-refractivity contribution in [3.63, 3.8) is 0 Å². The number of aromatic hydroxyl groups is 1. The van der Waals surface area contributed by atoms with Gasteiger partial charge >= 0.3 is 5.97 Å². The third-order valence-electron chi connectivity index (χ3n) is 6.42. The first-order chi connectivity index (χ1) is 16.1. The number of allylic oxidation sites excluding steroid dienone is 2. The summed E-state index contributed by atoms with van der Waals surface area (Å²) in [7, 11) is 0. The Morgan fingerprint density at radius 2 is 1.76 bits per heavy atom. The second-order valence-corrected chi connectivity index (χ2v) is 9.08. The molecule has 4 rings (SSSR count). The zero-order valence-electron chi connectivity index (χ0n) is 19.7. The minimum absolute atomic E-state index is 0.0106. The van der Waals surface area contributed by atoms with Crippen LogP contribution in [0.25, 0.3) is 11.1 Å². The van der Waals surface area contributed by atoms with E-state index in [0.717, 1.165) is 11.1 Å². The summed E-state index contributed by atoms with van der Waals surface area (Å²) < 4.78 is 1.33. The number of carboxylic acid groups (broad SMARTS) is 1. The first-order valence-corrected chi connectivity index (χ1v) is 11.2. The molecule has 2 aromatic carbocycles. The van der Waals surface area contributed by atoms with Crippen LogP contribution in [-0.4, -0.2) is 26.0 Å². The van der Waals surface area contributed by atoms with Gasteiger partial charge in [-0.25, -0.2) is 0 Å². The van der Waals surface area contributed by atoms with E-state index in [2.05, 4.69) is 48.2 Å². The number of hydrogen-bond donors (Lipinski definition) is 3. The van der Waals surface area contributed by atoms with Gasteiger partial charge in [0.1, 0.15) is 5.69 Å². The zero-order chi connectivity index (χ0) is 24.6. The van der Waals surface area contributed by atoms with Crippen LogP contribution in [0.3, 0.4) is 0 Å². The highest BCUT2D eigenvalue weighted by Crippen LogP contribution is 2.53. The molecule has 0 aliphatic heterocycles. The molecule has 0 radical (unpaired) electrons. The first kappa shape index (κ1) is 23.2. The standard InChI is InChI=1S/C26H28N4O4/c1-15-17-9-5-6-11-19(17)26(3,4)22(15)18-10-7-12-20(24(18)33)27-28-23-16(2)29-30(25(23)34)14-8-13-21(31)32/h5-7,9-12,29,33H,8,13-14H2,1-4H3,(H,31,32). The van der Waals surface area contributed by atoms with Crippen molar-refractivity contribution < 1.29 is 15.0 Å². The van der Waals surface area contributed by atoms with Crippen LogP contribution in [0, 0.1) is 6.92 Å². The lowest BCUT2D eigenvalue weighted by molar-refractivity contribution is -0.137. The molecule has 1 aliphatic rings. The molecule has 8 heteroatoms. The number of phenols is 1. The van der Waals surface area contributed by atoms with Crippen molar-refractivity contribution in [2.24, 2.45) is 10.2 Å². The topological polar surface area (TPSA) is 120 Å². The highest BCUT2D eigenvalue weighted by Gasteiger charge is 2.37. The number of aryl methyl sites for hydroxylation is 2. The molecule has 34 heavy (non-hydrogen) atoms. The Kier molecular flexibility index (Phi) is 6.00. The molecule has 0 atom stereocenters. The monoisotopic (exact) mass is 460 g/mol. The van der Waals surface area contributed by atoms with E-state index in [0.29, 0.717) is 17.7 Å². The summed E-state index contributed by atoms with van der Waals surface area (Å²) in [4.78, 5) is 23.4. The van der Waals surface area contributed by atoms with E-state index in [1.54, 1.807) is 13.0 Å². The molecule has 0 spiro atoms. The third kappa shape index (κ3) is 3.96. The maximum absolute atomic E-state index is 12.7. The minimum atomic E-state index is -0.912. The Labute approximate surface area is 197 Å². The van der Waals surface area contributed by atoms with Gasteiger partial charge in [-0.15, -0.1) is 10.2 Å². The maximum atomic E-state index is 12.7. The number of aromatic nitrogens is 2. The SMILES string of the molecule is CC1=C(c2cccc(N=Nc3c(C)[nH]n(CCCC(=O)O)c3=O)c2O)C(C)(C)c2ccccc21. The number of fused-ring (bicyclic) bond motifs is 1. The lowest BCUT2D eigenvalue weighted by Crippen LogP contribution is -2.17. The fraction of sp³-hybridized carbons (Fsp3) is 0.308. The lowest BCUT2D eigenvalue weighted by atomic mass is 9.78. The summed E-state index contributed by atoms with van der Waals surface area (Å²) >= 11 is 0. The number of H-pyrrole nitrogens is 1. The number of carboxylic acids is 1. The van der Waals surface area contributed by atoms with E-state index in [1.165, 1.54) is 15.8 Å². The normalized spacial score (nSPS) is 14.7. The number of para-hydroxylation sites is 1. The molecule has 3 N–H and O–H groups in total. The number of nitrogens with zero attached hydrogens (tertiary/aromatic N) is 3. The second kappa shape index (κ2) is 8.78. The van der Waals surface area contributed by atoms with Crippen LogP contribution in [0.15, 0.2) is 57.5 Å². The summed E-state index contributed by atoms with van der Waals surface area (Å²) in [5, 5.41) is 31.2. The van der Waals surface area contributed by atoms with E-state index >= 15 is 0 Å². The van der Waals surface area contributed by atoms with Crippen LogP contribution in [0.1, 0.15) is 56.0 Å². The van der Waals surface area contributed by atoms with Crippen molar-refractivity contribution in [2.45, 2.75) is 52.5 Å². The Morgan fingerprint density at radius 1 is 1.06 bits per heavy atom. The van der Waals surface area contributed by atoms with Gasteiger partial charge in [-0.1, -0.05) is 50.2 Å². The Hall–Kier alpha value is -3.94. The van der Waals surface area contributed by atoms with Gasteiger partial charge in [-0.05, 0) is 48.6 Å². The minimum Gasteiger partial charge on any atom is -0.505 e. The molecule has 8 nitrogen and oxygen atoms in total. The molecule has 3 aromatic rings. The van der Waals surface area contributed by atoms with Crippen molar-refractivity contribution in [3.8, 4) is 5.75 Å². The molecule has 0 bridgehead atoms. The van der Waals surface area contributed by atoms with E-state index in [9.17, 15) is 14.7 Å². The summed E-state index contributed by atoms with van der Waals surface area (Å²) in [5.41, 5.74) is 5.43. The van der Waals surface area contributed by atoms with Crippen LogP contribution in [0.2, 0.25) is 0 Å². The van der Waals surface area contributed by atoms with Gasteiger partial charge in [0.2, 0.25) is 0 Å². The van der Waals surface area contributed by atoms with Crippen LogP contribution in [-0.2, 0) is 16.8 Å². The largest absolute Gasteiger partial charge is 0.505 e. The van der Waals surface area contributed by atoms with Crippen molar-refractivity contribution in [1.82, 2.24) is 9.78 Å². The average molecular weight is 461 g/mol. The van der Waals surface area contributed by atoms with Gasteiger partial charge in [-0.2, -0.15) is 0 Å². The Balaban J connectivity index is 1.67. The average Bonchev–Trinajstić information content (AvgIpc) is 3.17. The zero-order valence-corrected chi connectivity index (χ0v) is 19.7. The van der Waals surface area contributed by atoms with Crippen molar-refractivity contribution in [2.75, 3.05) is 0 Å². The third-order valence-corrected chi connectivity index (χ3v) is 6.42. The number of aromatic amines is 1. The van der Waals surface area contributed by atoms with Crippen LogP contribution in [0.4, 0.5) is 11.4 Å². The van der Waals surface area contributed by atoms with Crippen molar-refractivity contribution >= 4 is 28.5 Å². The van der Waals surface area contributed by atoms with Crippen LogP contribution in [0.5, 0.6) is 5.75 Å². The molecular formula is C26H28N4O4. The number of azo groups is 1. The number of hydrogen-bond acceptors (Lipinski definition) is 5. The van der Waals surface area contributed by atoms with Gasteiger partial charge in [0.15, 0.2) is 11.4 Å². The summed E-state index contributed by atoms with van der Waals surface area (Å²) in [6, 6.07) is 13.6. The highest BCUT2D eigenvalue weighted by molar-refractivity contribution is 6.02. The van der Waals surface area contributed by atoms with Crippen LogP contribution < -0.4 is 5.56 Å². The van der Waals surface area contributed by atoms with E-state index in [-0.39, 0.29) is 41.1 Å². The molecule has 0 saturated heterocycles. The van der Waals surface area contributed by atoms with E-state index in [1.807, 2.05) is 24.3 Å². The van der Waals surface area contributed by atoms with Gasteiger partial charge in [-0.3, -0.25) is 19.4 Å². The number of nitrogens with one attached hydrogen (secondary N) is 1. The predicted molar refractivity (Wildman–Crippen MR) is 131 cm³/mol. The van der Waals surface area contributed by atoms with Crippen molar-refractivity contribution in [1.29, 1.82) is 0 Å². The molecule has 0 amide bonds. The second-order valence-electron chi connectivity index (χ2n) is 9.08. The van der Waals surface area contributed by atoms with Gasteiger partial charge < -0.3 is 10.2 Å². The van der Waals surface area contributed by atoms with E-state index in [4.69, 9.17) is 5.11 Å². The van der Waals surface area contributed by atoms with E-state index < -0.39 is 5.97 Å². The van der Waals surface area contributed by atoms with Gasteiger partial charge in [0.25, 0.3) is 5.56 Å². The van der Waals surface area contributed by atoms with Crippen LogP contribution >= 0.6 is 0 Å². The summed E-state index contributed by atoms with van der Waals surface area (Å²) in [6.07, 6.45) is 0.290. The number of carbonyl (C=O) groups is 1. The predicted octanol–water partition coefficient (Wildman–Crippen LogP) is 5.69. The van der Waals surface area contributed by atoms with Gasteiger partial charge in [0.05, 0.1) is 5.69 Å². The molecule has 0 saturated carbocycles. The van der Waals surface area contributed by atoms with Gasteiger partial charge in [0, 0.05) is 23.9 Å². The first-order valence-electron chi connectivity index (χ1n) is 11.2. The summed E-state index contributed by atoms with van der Waals surface area (Å²) in [6.45, 7) is 8.28. The molecule has 0 unspecified atom stereocenters. The molecular weight excluding hydrogens is 432 g/mol. The quantitative estimate of drug-likeness (QED) is 0.392. The maximum Gasteiger partial charge on any atom is 0.303 e.